The topological polar surface area (TPSA) is 9.23 Å². The largest absolute Gasteiger partial charge is 0.417 e. The molecule has 1 aliphatic rings. The Kier molecular flexibility index (Phi) is 4.47. The summed E-state index contributed by atoms with van der Waals surface area (Å²) >= 11 is 0. The number of rotatable bonds is 3. The van der Waals surface area contributed by atoms with Gasteiger partial charge in [-0.2, -0.15) is 0 Å². The van der Waals surface area contributed by atoms with Crippen LogP contribution < -0.4 is 15.6 Å². The van der Waals surface area contributed by atoms with Gasteiger partial charge in [0.15, 0.2) is 0 Å². The van der Waals surface area contributed by atoms with E-state index in [0.717, 1.165) is 6.61 Å². The van der Waals surface area contributed by atoms with E-state index in [1.807, 2.05) is 0 Å². The molecule has 0 radical (unpaired) electrons. The first-order valence-electron chi connectivity index (χ1n) is 8.69. The maximum absolute atomic E-state index is 6.59. The molecular weight excluding hydrogens is 324 g/mol. The van der Waals surface area contributed by atoms with E-state index in [0.29, 0.717) is 0 Å². The zero-order valence-corrected chi connectivity index (χ0v) is 15.9. The fourth-order valence-corrected chi connectivity index (χ4v) is 18.0. The van der Waals surface area contributed by atoms with Crippen LogP contribution in [0.15, 0.2) is 91.0 Å². The van der Waals surface area contributed by atoms with Gasteiger partial charge in [-0.15, -0.1) is 0 Å². The Labute approximate surface area is 146 Å². The maximum atomic E-state index is 6.59. The lowest BCUT2D eigenvalue weighted by Crippen LogP contribution is -2.75. The summed E-state index contributed by atoms with van der Waals surface area (Å²) in [5, 5.41) is 4.53. The van der Waals surface area contributed by atoms with E-state index in [1.54, 1.807) is 0 Å². The standard InChI is InChI=1S/C21H22OSi2/c1-4-11-19(12-5-1)23-22-17-10-18-24(23,20-13-6-2-7-14-20)21-15-8-3-9-16-21/h1-9,11-16,23H,10,17-18H2. The number of hydrogen-bond acceptors (Lipinski definition) is 1. The first-order chi connectivity index (χ1) is 11.9. The van der Waals surface area contributed by atoms with Gasteiger partial charge in [0.05, 0.1) is 0 Å². The van der Waals surface area contributed by atoms with Gasteiger partial charge in [-0.1, -0.05) is 101 Å². The third-order valence-corrected chi connectivity index (χ3v) is 18.5. The number of benzene rings is 3. The van der Waals surface area contributed by atoms with Crippen LogP contribution >= 0.6 is 0 Å². The first-order valence-corrected chi connectivity index (χ1v) is 13.8. The van der Waals surface area contributed by atoms with Crippen LogP contribution in [0.4, 0.5) is 0 Å². The van der Waals surface area contributed by atoms with Gasteiger partial charge in [0.25, 0.3) is 0 Å². The lowest BCUT2D eigenvalue weighted by Gasteiger charge is -2.42. The molecule has 24 heavy (non-hydrogen) atoms. The molecule has 3 aromatic rings. The first kappa shape index (κ1) is 15.6. The van der Waals surface area contributed by atoms with E-state index in [4.69, 9.17) is 4.43 Å². The van der Waals surface area contributed by atoms with Crippen molar-refractivity contribution in [3.63, 3.8) is 0 Å². The van der Waals surface area contributed by atoms with Crippen molar-refractivity contribution in [3.8, 4) is 0 Å². The normalized spacial score (nSPS) is 19.8. The minimum absolute atomic E-state index is 0.917. The van der Waals surface area contributed by atoms with Crippen molar-refractivity contribution in [2.75, 3.05) is 6.61 Å². The fraction of sp³-hybridized carbons (Fsp3) is 0.143. The molecule has 1 atom stereocenters. The van der Waals surface area contributed by atoms with E-state index in [-0.39, 0.29) is 0 Å². The Morgan fingerprint density at radius 2 is 1.17 bits per heavy atom. The van der Waals surface area contributed by atoms with Gasteiger partial charge in [-0.25, -0.2) is 0 Å². The lowest BCUT2D eigenvalue weighted by atomic mass is 10.4. The van der Waals surface area contributed by atoms with Crippen LogP contribution in [0.25, 0.3) is 0 Å². The molecule has 1 aliphatic heterocycles. The van der Waals surface area contributed by atoms with Crippen molar-refractivity contribution < 1.29 is 4.43 Å². The molecule has 0 spiro atoms. The molecule has 4 rings (SSSR count). The smallest absolute Gasteiger partial charge is 0.205 e. The monoisotopic (exact) mass is 346 g/mol. The van der Waals surface area contributed by atoms with Gasteiger partial charge in [0.2, 0.25) is 8.56 Å². The summed E-state index contributed by atoms with van der Waals surface area (Å²) in [4.78, 5) is 0. The highest BCUT2D eigenvalue weighted by molar-refractivity contribution is 7.46. The predicted octanol–water partition coefficient (Wildman–Crippen LogP) is 2.38. The van der Waals surface area contributed by atoms with Crippen molar-refractivity contribution in [2.24, 2.45) is 0 Å². The molecule has 1 saturated heterocycles. The van der Waals surface area contributed by atoms with Crippen LogP contribution in [-0.4, -0.2) is 22.8 Å². The van der Waals surface area contributed by atoms with Gasteiger partial charge < -0.3 is 4.43 Å². The molecule has 1 unspecified atom stereocenters. The van der Waals surface area contributed by atoms with Crippen molar-refractivity contribution in [1.82, 2.24) is 0 Å². The van der Waals surface area contributed by atoms with Crippen molar-refractivity contribution in [2.45, 2.75) is 12.5 Å². The second-order valence-electron chi connectivity index (χ2n) is 6.47. The molecule has 0 amide bonds. The molecule has 1 fully saturated rings. The highest BCUT2D eigenvalue weighted by Crippen LogP contribution is 2.23. The Balaban J connectivity index is 1.94. The van der Waals surface area contributed by atoms with Gasteiger partial charge in [-0.3, -0.25) is 0 Å². The second-order valence-corrected chi connectivity index (χ2v) is 16.4. The Bertz CT molecular complexity index is 735. The predicted molar refractivity (Wildman–Crippen MR) is 107 cm³/mol. The minimum Gasteiger partial charge on any atom is -0.417 e. The molecule has 0 saturated carbocycles. The number of hydrogen-bond donors (Lipinski definition) is 0. The van der Waals surface area contributed by atoms with Gasteiger partial charge >= 0.3 is 0 Å². The van der Waals surface area contributed by atoms with Gasteiger partial charge in [-0.05, 0) is 17.7 Å². The molecule has 0 aromatic heterocycles. The molecule has 3 heteroatoms. The molecule has 1 nitrogen and oxygen atoms in total. The molecule has 1 heterocycles. The fourth-order valence-electron chi connectivity index (χ4n) is 4.06. The SMILES string of the molecule is c1ccc([SiH]2OCCC[Si]2(c2ccccc2)c2ccccc2)cc1. The molecule has 0 bridgehead atoms. The minimum atomic E-state index is -1.89. The summed E-state index contributed by atoms with van der Waals surface area (Å²) in [7, 11) is -3.44. The average molecular weight is 347 g/mol. The van der Waals surface area contributed by atoms with Crippen LogP contribution in [0.1, 0.15) is 6.42 Å². The van der Waals surface area contributed by atoms with Crippen LogP contribution in [0.3, 0.4) is 0 Å². The quantitative estimate of drug-likeness (QED) is 0.662. The zero-order valence-electron chi connectivity index (χ0n) is 13.8. The highest BCUT2D eigenvalue weighted by atomic mass is 29.2. The van der Waals surface area contributed by atoms with Gasteiger partial charge in [0, 0.05) is 6.61 Å². The zero-order chi connectivity index (χ0) is 16.2. The summed E-state index contributed by atoms with van der Waals surface area (Å²) in [6.07, 6.45) is 1.17. The lowest BCUT2D eigenvalue weighted by molar-refractivity contribution is 0.326. The maximum Gasteiger partial charge on any atom is 0.205 e. The van der Waals surface area contributed by atoms with Crippen LogP contribution in [0.2, 0.25) is 6.04 Å². The Morgan fingerprint density at radius 1 is 0.667 bits per heavy atom. The van der Waals surface area contributed by atoms with E-state index >= 15 is 0 Å². The average Bonchev–Trinajstić information content (AvgIpc) is 2.70. The molecular formula is C21H22OSi2. The summed E-state index contributed by atoms with van der Waals surface area (Å²) in [6.45, 7) is 0.917. The van der Waals surface area contributed by atoms with Crippen molar-refractivity contribution >= 4 is 31.7 Å². The van der Waals surface area contributed by atoms with E-state index in [9.17, 15) is 0 Å². The third kappa shape index (κ3) is 2.69. The molecule has 3 aromatic carbocycles. The van der Waals surface area contributed by atoms with Crippen molar-refractivity contribution in [1.29, 1.82) is 0 Å². The molecule has 0 N–H and O–H groups in total. The Morgan fingerprint density at radius 3 is 1.71 bits per heavy atom. The van der Waals surface area contributed by atoms with Crippen LogP contribution in [0, 0.1) is 0 Å². The molecule has 0 aliphatic carbocycles. The van der Waals surface area contributed by atoms with Gasteiger partial charge in [0.1, 0.15) is 7.59 Å². The van der Waals surface area contributed by atoms with E-state index in [2.05, 4.69) is 91.0 Å². The third-order valence-electron chi connectivity index (χ3n) is 5.13. The summed E-state index contributed by atoms with van der Waals surface area (Å²) in [5.74, 6) is 0. The summed E-state index contributed by atoms with van der Waals surface area (Å²) in [6, 6.07) is 34.7. The van der Waals surface area contributed by atoms with Crippen LogP contribution in [-0.2, 0) is 4.43 Å². The summed E-state index contributed by atoms with van der Waals surface area (Å²) in [5.41, 5.74) is 0. The summed E-state index contributed by atoms with van der Waals surface area (Å²) < 4.78 is 6.59. The van der Waals surface area contributed by atoms with E-state index in [1.165, 1.54) is 28.0 Å². The second kappa shape index (κ2) is 6.89. The Hall–Kier alpha value is -1.95. The van der Waals surface area contributed by atoms with E-state index < -0.39 is 16.1 Å². The van der Waals surface area contributed by atoms with Crippen LogP contribution in [0.5, 0.6) is 0 Å². The highest BCUT2D eigenvalue weighted by Gasteiger charge is 2.49. The van der Waals surface area contributed by atoms with Crippen molar-refractivity contribution in [3.05, 3.63) is 91.0 Å². The molecule has 120 valence electrons.